The summed E-state index contributed by atoms with van der Waals surface area (Å²) in [5.41, 5.74) is 0. The van der Waals surface area contributed by atoms with E-state index in [1.54, 1.807) is 0 Å². The Balaban J connectivity index is 0. The summed E-state index contributed by atoms with van der Waals surface area (Å²) in [5, 5.41) is 0. The zero-order valence-corrected chi connectivity index (χ0v) is 29.4. The number of allylic oxidation sites excluding steroid dienone is 1. The molecule has 0 N–H and O–H groups in total. The molecular formula is C33H65NaO4S. The van der Waals surface area contributed by atoms with E-state index < -0.39 is 10.4 Å². The third-order valence-electron chi connectivity index (χ3n) is 7.74. The van der Waals surface area contributed by atoms with Crippen LogP contribution in [0.2, 0.25) is 0 Å². The quantitative estimate of drug-likeness (QED) is 0.0272. The Morgan fingerprint density at radius 3 is 1.26 bits per heavy atom. The van der Waals surface area contributed by atoms with Crippen LogP contribution in [0.5, 0.6) is 0 Å². The molecule has 4 nitrogen and oxygen atoms in total. The van der Waals surface area contributed by atoms with Crippen LogP contribution in [-0.2, 0) is 14.6 Å². The van der Waals surface area contributed by atoms with Crippen molar-refractivity contribution in [2.24, 2.45) is 5.92 Å². The monoisotopic (exact) mass is 580 g/mol. The number of unbranched alkanes of at least 4 members (excludes halogenated alkanes) is 24. The summed E-state index contributed by atoms with van der Waals surface area (Å²) in [6.45, 7) is 4.52. The van der Waals surface area contributed by atoms with Crippen LogP contribution in [-0.4, -0.2) is 19.6 Å². The van der Waals surface area contributed by atoms with Gasteiger partial charge >= 0.3 is 29.6 Å². The number of hydrogen-bond acceptors (Lipinski definition) is 4. The second-order valence-corrected chi connectivity index (χ2v) is 12.6. The molecule has 0 spiro atoms. The smallest absolute Gasteiger partial charge is 0.726 e. The van der Waals surface area contributed by atoms with Crippen molar-refractivity contribution in [2.45, 2.75) is 187 Å². The fourth-order valence-corrected chi connectivity index (χ4v) is 5.56. The van der Waals surface area contributed by atoms with Gasteiger partial charge in [0.25, 0.3) is 0 Å². The molecule has 0 aromatic heterocycles. The molecule has 0 bridgehead atoms. The van der Waals surface area contributed by atoms with Gasteiger partial charge in [0.1, 0.15) is 0 Å². The van der Waals surface area contributed by atoms with Gasteiger partial charge in [0.05, 0.1) is 6.61 Å². The Hall–Kier alpha value is 0.610. The average molecular weight is 581 g/mol. The summed E-state index contributed by atoms with van der Waals surface area (Å²) in [4.78, 5) is 0. The van der Waals surface area contributed by atoms with Crippen LogP contribution in [0.25, 0.3) is 0 Å². The summed E-state index contributed by atoms with van der Waals surface area (Å²) in [6.07, 6.45) is 39.5. The zero-order chi connectivity index (χ0) is 28.0. The van der Waals surface area contributed by atoms with Crippen LogP contribution >= 0.6 is 0 Å². The largest absolute Gasteiger partial charge is 1.00 e. The molecule has 0 aliphatic heterocycles. The molecule has 0 heterocycles. The van der Waals surface area contributed by atoms with Gasteiger partial charge in [0, 0.05) is 5.92 Å². The maximum atomic E-state index is 10.9. The molecule has 0 amide bonds. The Morgan fingerprint density at radius 1 is 0.564 bits per heavy atom. The van der Waals surface area contributed by atoms with E-state index in [1.807, 2.05) is 0 Å². The maximum absolute atomic E-state index is 10.9. The molecule has 0 radical (unpaired) electrons. The van der Waals surface area contributed by atoms with Crippen molar-refractivity contribution < 1.29 is 46.7 Å². The normalized spacial score (nSPS) is 12.7. The van der Waals surface area contributed by atoms with Gasteiger partial charge < -0.3 is 4.55 Å². The van der Waals surface area contributed by atoms with Crippen molar-refractivity contribution in [3.8, 4) is 0 Å². The molecule has 0 saturated carbocycles. The van der Waals surface area contributed by atoms with Gasteiger partial charge in [-0.25, -0.2) is 8.42 Å². The van der Waals surface area contributed by atoms with E-state index in [-0.39, 0.29) is 42.1 Å². The van der Waals surface area contributed by atoms with E-state index in [0.717, 1.165) is 19.3 Å². The van der Waals surface area contributed by atoms with Gasteiger partial charge in [0.2, 0.25) is 10.4 Å². The van der Waals surface area contributed by atoms with E-state index in [2.05, 4.69) is 30.2 Å². The molecule has 228 valence electrons. The van der Waals surface area contributed by atoms with Gasteiger partial charge in [-0.05, 0) is 19.3 Å². The maximum Gasteiger partial charge on any atom is 1.00 e. The number of hydrogen-bond donors (Lipinski definition) is 0. The van der Waals surface area contributed by atoms with Gasteiger partial charge in [-0.1, -0.05) is 180 Å². The second-order valence-electron chi connectivity index (χ2n) is 11.6. The predicted octanol–water partition coefficient (Wildman–Crippen LogP) is 8.21. The van der Waals surface area contributed by atoms with Crippen LogP contribution in [0.1, 0.15) is 187 Å². The average Bonchev–Trinajstić information content (AvgIpc) is 2.89. The van der Waals surface area contributed by atoms with Gasteiger partial charge in [-0.15, -0.1) is 0 Å². The van der Waals surface area contributed by atoms with Crippen LogP contribution in [0.4, 0.5) is 0 Å². The summed E-state index contributed by atoms with van der Waals surface area (Å²) in [7, 11) is -4.62. The molecule has 1 atom stereocenters. The zero-order valence-electron chi connectivity index (χ0n) is 26.6. The van der Waals surface area contributed by atoms with Crippen molar-refractivity contribution in [1.29, 1.82) is 0 Å². The van der Waals surface area contributed by atoms with Gasteiger partial charge in [-0.2, -0.15) is 0 Å². The minimum atomic E-state index is -4.62. The fourth-order valence-electron chi connectivity index (χ4n) is 5.22. The van der Waals surface area contributed by atoms with E-state index in [4.69, 9.17) is 0 Å². The van der Waals surface area contributed by atoms with Crippen LogP contribution in [0.15, 0.2) is 12.2 Å². The fraction of sp³-hybridized carbons (Fsp3) is 0.939. The minimum Gasteiger partial charge on any atom is -0.726 e. The Kier molecular flexibility index (Phi) is 35.4. The molecule has 1 unspecified atom stereocenters. The molecule has 0 aromatic carbocycles. The third-order valence-corrected chi connectivity index (χ3v) is 8.16. The summed E-state index contributed by atoms with van der Waals surface area (Å²) < 4.78 is 37.4. The summed E-state index contributed by atoms with van der Waals surface area (Å²) >= 11 is 0. The second kappa shape index (κ2) is 33.1. The Labute approximate surface area is 267 Å². The van der Waals surface area contributed by atoms with Crippen molar-refractivity contribution in [3.05, 3.63) is 12.2 Å². The molecule has 0 saturated heterocycles. The molecular weight excluding hydrogens is 515 g/mol. The standard InChI is InChI=1S/C33H66O4S.Na/c1-3-5-7-9-11-13-15-17-19-21-23-25-27-29-31-33(32-37-38(34,35)36)30-28-26-24-22-20-18-16-14-12-10-8-6-4-2;/h29,31,33H,3-28,30,32H2,1-2H3,(H,34,35,36);/q;+1/p-1/b31-29+;. The molecule has 0 rings (SSSR count). The third kappa shape index (κ3) is 36.6. The number of rotatable bonds is 31. The van der Waals surface area contributed by atoms with Crippen molar-refractivity contribution in [2.75, 3.05) is 6.61 Å². The summed E-state index contributed by atoms with van der Waals surface area (Å²) in [6, 6.07) is 0. The Bertz CT molecular complexity index is 595. The molecule has 0 fully saturated rings. The van der Waals surface area contributed by atoms with Crippen molar-refractivity contribution in [3.63, 3.8) is 0 Å². The van der Waals surface area contributed by atoms with Crippen molar-refractivity contribution >= 4 is 10.4 Å². The molecule has 0 aliphatic rings. The first kappa shape index (κ1) is 41.7. The molecule has 6 heteroatoms. The van der Waals surface area contributed by atoms with Crippen LogP contribution in [0, 0.1) is 5.92 Å². The first-order chi connectivity index (χ1) is 18.5. The van der Waals surface area contributed by atoms with E-state index in [9.17, 15) is 13.0 Å². The van der Waals surface area contributed by atoms with E-state index >= 15 is 0 Å². The van der Waals surface area contributed by atoms with Crippen LogP contribution < -0.4 is 29.6 Å². The predicted molar refractivity (Wildman–Crippen MR) is 164 cm³/mol. The van der Waals surface area contributed by atoms with E-state index in [0.29, 0.717) is 0 Å². The molecule has 39 heavy (non-hydrogen) atoms. The SMILES string of the molecule is CCCCCCCCCCCCCC/C=C/C(CCCCCCCCCCCCCCC)COS(=O)(=O)[O-].[Na+]. The topological polar surface area (TPSA) is 66.4 Å². The molecule has 0 aromatic rings. The molecule has 0 aliphatic carbocycles. The van der Waals surface area contributed by atoms with Crippen molar-refractivity contribution in [1.82, 2.24) is 0 Å². The first-order valence-corrected chi connectivity index (χ1v) is 18.1. The summed E-state index contributed by atoms with van der Waals surface area (Å²) in [5.74, 6) is 0.0174. The van der Waals surface area contributed by atoms with Gasteiger partial charge in [0.15, 0.2) is 0 Å². The first-order valence-electron chi connectivity index (χ1n) is 16.8. The minimum absolute atomic E-state index is 0. The Morgan fingerprint density at radius 2 is 0.897 bits per heavy atom. The van der Waals surface area contributed by atoms with E-state index in [1.165, 1.54) is 154 Å². The van der Waals surface area contributed by atoms with Crippen LogP contribution in [0.3, 0.4) is 0 Å². The van der Waals surface area contributed by atoms with Gasteiger partial charge in [-0.3, -0.25) is 4.18 Å².